The van der Waals surface area contributed by atoms with Gasteiger partial charge in [0.2, 0.25) is 0 Å². The summed E-state index contributed by atoms with van der Waals surface area (Å²) in [5, 5.41) is 2.32. The third-order valence-corrected chi connectivity index (χ3v) is 2.40. The van der Waals surface area contributed by atoms with Crippen molar-refractivity contribution in [3.05, 3.63) is 42.5 Å². The predicted molar refractivity (Wildman–Crippen MR) is 65.7 cm³/mol. The van der Waals surface area contributed by atoms with E-state index >= 15 is 0 Å². The van der Waals surface area contributed by atoms with Crippen molar-refractivity contribution in [3.63, 3.8) is 0 Å². The van der Waals surface area contributed by atoms with Crippen LogP contribution in [0.2, 0.25) is 0 Å². The van der Waals surface area contributed by atoms with Crippen molar-refractivity contribution >= 4 is 10.8 Å². The van der Waals surface area contributed by atoms with E-state index in [2.05, 4.69) is 25.1 Å². The Morgan fingerprint density at radius 2 is 1.81 bits per heavy atom. The van der Waals surface area contributed by atoms with Crippen molar-refractivity contribution in [2.24, 2.45) is 0 Å². The molecule has 0 fully saturated rings. The Balaban J connectivity index is 2.11. The fourth-order valence-corrected chi connectivity index (χ4v) is 1.63. The third-order valence-electron chi connectivity index (χ3n) is 2.40. The van der Waals surface area contributed by atoms with E-state index in [0.29, 0.717) is 6.79 Å². The van der Waals surface area contributed by atoms with Gasteiger partial charge in [0, 0.05) is 5.39 Å². The topological polar surface area (TPSA) is 18.5 Å². The maximum Gasteiger partial charge on any atom is 0.189 e. The molecular weight excluding hydrogens is 200 g/mol. The van der Waals surface area contributed by atoms with Gasteiger partial charge in [0.15, 0.2) is 6.79 Å². The van der Waals surface area contributed by atoms with E-state index in [-0.39, 0.29) is 0 Å². The summed E-state index contributed by atoms with van der Waals surface area (Å²) in [4.78, 5) is 0. The number of hydrogen-bond donors (Lipinski definition) is 0. The number of ether oxygens (including phenoxy) is 2. The molecular formula is C14H16O2. The number of benzene rings is 2. The lowest BCUT2D eigenvalue weighted by Gasteiger charge is -2.09. The molecule has 2 rings (SSSR count). The van der Waals surface area contributed by atoms with E-state index in [9.17, 15) is 0 Å². The molecule has 2 aromatic rings. The van der Waals surface area contributed by atoms with Gasteiger partial charge in [-0.05, 0) is 17.9 Å². The zero-order valence-electron chi connectivity index (χ0n) is 9.48. The first-order valence-electron chi connectivity index (χ1n) is 5.60. The molecule has 2 nitrogen and oxygen atoms in total. The van der Waals surface area contributed by atoms with E-state index < -0.39 is 0 Å². The molecule has 0 amide bonds. The Morgan fingerprint density at radius 1 is 1.00 bits per heavy atom. The second kappa shape index (κ2) is 5.52. The summed E-state index contributed by atoms with van der Waals surface area (Å²) >= 11 is 0. The van der Waals surface area contributed by atoms with Crippen LogP contribution in [0.4, 0.5) is 0 Å². The van der Waals surface area contributed by atoms with Gasteiger partial charge < -0.3 is 9.47 Å². The maximum atomic E-state index is 5.60. The molecule has 0 spiro atoms. The van der Waals surface area contributed by atoms with Crippen LogP contribution in [-0.2, 0) is 4.74 Å². The van der Waals surface area contributed by atoms with Crippen LogP contribution in [0.15, 0.2) is 42.5 Å². The summed E-state index contributed by atoms with van der Waals surface area (Å²) in [7, 11) is 0. The summed E-state index contributed by atoms with van der Waals surface area (Å²) in [6.45, 7) is 3.14. The molecule has 2 aromatic carbocycles. The van der Waals surface area contributed by atoms with E-state index in [1.165, 1.54) is 5.39 Å². The van der Waals surface area contributed by atoms with Crippen LogP contribution < -0.4 is 4.74 Å². The van der Waals surface area contributed by atoms with Gasteiger partial charge in [0.05, 0.1) is 6.61 Å². The normalized spacial score (nSPS) is 10.6. The second-order valence-electron chi connectivity index (χ2n) is 3.65. The number of fused-ring (bicyclic) bond motifs is 1. The lowest BCUT2D eigenvalue weighted by Crippen LogP contribution is -2.03. The van der Waals surface area contributed by atoms with Crippen molar-refractivity contribution in [2.45, 2.75) is 13.3 Å². The monoisotopic (exact) mass is 216 g/mol. The van der Waals surface area contributed by atoms with Crippen LogP contribution in [0.25, 0.3) is 10.8 Å². The first kappa shape index (κ1) is 11.0. The van der Waals surface area contributed by atoms with Crippen molar-refractivity contribution < 1.29 is 9.47 Å². The summed E-state index contributed by atoms with van der Waals surface area (Å²) in [6, 6.07) is 14.2. The summed E-state index contributed by atoms with van der Waals surface area (Å²) in [5.41, 5.74) is 0. The fraction of sp³-hybridized carbons (Fsp3) is 0.286. The highest BCUT2D eigenvalue weighted by Gasteiger charge is 2.00. The van der Waals surface area contributed by atoms with Crippen molar-refractivity contribution in [1.82, 2.24) is 0 Å². The van der Waals surface area contributed by atoms with E-state index in [1.54, 1.807) is 0 Å². The van der Waals surface area contributed by atoms with Crippen LogP contribution in [0.1, 0.15) is 13.3 Å². The first-order valence-corrected chi connectivity index (χ1v) is 5.60. The second-order valence-corrected chi connectivity index (χ2v) is 3.65. The van der Waals surface area contributed by atoms with Gasteiger partial charge in [0.25, 0.3) is 0 Å². The molecule has 0 bridgehead atoms. The minimum atomic E-state index is 0.321. The van der Waals surface area contributed by atoms with Crippen LogP contribution in [0.3, 0.4) is 0 Å². The van der Waals surface area contributed by atoms with Gasteiger partial charge in [-0.15, -0.1) is 0 Å². The van der Waals surface area contributed by atoms with Crippen molar-refractivity contribution in [1.29, 1.82) is 0 Å². The molecule has 0 atom stereocenters. The van der Waals surface area contributed by atoms with E-state index in [0.717, 1.165) is 24.2 Å². The van der Waals surface area contributed by atoms with Crippen LogP contribution >= 0.6 is 0 Å². The Bertz CT molecular complexity index is 446. The maximum absolute atomic E-state index is 5.60. The van der Waals surface area contributed by atoms with Crippen LogP contribution in [-0.4, -0.2) is 13.4 Å². The standard InChI is InChI=1S/C14H16O2/c1-2-10-15-11-16-14-9-5-7-12-6-3-4-8-13(12)14/h3-9H,2,10-11H2,1H3. The molecule has 0 heterocycles. The summed E-state index contributed by atoms with van der Waals surface area (Å²) in [6.07, 6.45) is 1.01. The van der Waals surface area contributed by atoms with Gasteiger partial charge in [-0.3, -0.25) is 0 Å². The molecule has 16 heavy (non-hydrogen) atoms. The number of rotatable bonds is 5. The molecule has 2 heteroatoms. The largest absolute Gasteiger partial charge is 0.467 e. The van der Waals surface area contributed by atoms with Gasteiger partial charge in [-0.1, -0.05) is 43.3 Å². The lowest BCUT2D eigenvalue weighted by molar-refractivity contribution is 0.0166. The molecule has 0 aliphatic rings. The summed E-state index contributed by atoms with van der Waals surface area (Å²) in [5.74, 6) is 0.884. The predicted octanol–water partition coefficient (Wildman–Crippen LogP) is 3.60. The number of hydrogen-bond acceptors (Lipinski definition) is 2. The SMILES string of the molecule is CCCOCOc1cccc2ccccc12. The molecule has 0 aliphatic carbocycles. The molecule has 0 saturated heterocycles. The molecule has 0 unspecified atom stereocenters. The van der Waals surface area contributed by atoms with Crippen LogP contribution in [0.5, 0.6) is 5.75 Å². The smallest absolute Gasteiger partial charge is 0.189 e. The molecule has 0 N–H and O–H groups in total. The fourth-order valence-electron chi connectivity index (χ4n) is 1.63. The molecule has 0 radical (unpaired) electrons. The molecule has 84 valence electrons. The highest BCUT2D eigenvalue weighted by atomic mass is 16.7. The average Bonchev–Trinajstić information content (AvgIpc) is 2.35. The highest BCUT2D eigenvalue weighted by Crippen LogP contribution is 2.24. The Hall–Kier alpha value is -1.54. The zero-order chi connectivity index (χ0) is 11.2. The molecule has 0 saturated carbocycles. The van der Waals surface area contributed by atoms with Gasteiger partial charge in [-0.2, -0.15) is 0 Å². The Kier molecular flexibility index (Phi) is 3.78. The third kappa shape index (κ3) is 2.52. The minimum Gasteiger partial charge on any atom is -0.467 e. The van der Waals surface area contributed by atoms with Crippen LogP contribution in [0, 0.1) is 0 Å². The average molecular weight is 216 g/mol. The minimum absolute atomic E-state index is 0.321. The first-order chi connectivity index (χ1) is 7.92. The van der Waals surface area contributed by atoms with Crippen molar-refractivity contribution in [2.75, 3.05) is 13.4 Å². The molecule has 0 aliphatic heterocycles. The Labute approximate surface area is 95.8 Å². The van der Waals surface area contributed by atoms with Gasteiger partial charge in [0.1, 0.15) is 5.75 Å². The quantitative estimate of drug-likeness (QED) is 0.561. The van der Waals surface area contributed by atoms with Gasteiger partial charge in [-0.25, -0.2) is 0 Å². The van der Waals surface area contributed by atoms with Gasteiger partial charge >= 0.3 is 0 Å². The van der Waals surface area contributed by atoms with Crippen molar-refractivity contribution in [3.8, 4) is 5.75 Å². The van der Waals surface area contributed by atoms with E-state index in [4.69, 9.17) is 9.47 Å². The highest BCUT2D eigenvalue weighted by molar-refractivity contribution is 5.88. The Morgan fingerprint density at radius 3 is 2.69 bits per heavy atom. The summed E-state index contributed by atoms with van der Waals surface area (Å²) < 4.78 is 10.9. The zero-order valence-corrected chi connectivity index (χ0v) is 9.48. The lowest BCUT2D eigenvalue weighted by atomic mass is 10.1. The molecule has 0 aromatic heterocycles. The van der Waals surface area contributed by atoms with E-state index in [1.807, 2.05) is 24.3 Å².